The van der Waals surface area contributed by atoms with Crippen molar-refractivity contribution in [1.82, 2.24) is 10.3 Å². The Bertz CT molecular complexity index is 816. The predicted molar refractivity (Wildman–Crippen MR) is 108 cm³/mol. The number of ether oxygens (including phenoxy) is 1. The number of pyridine rings is 1. The van der Waals surface area contributed by atoms with E-state index in [9.17, 15) is 14.0 Å². The number of piperidine rings is 1. The number of halogens is 2. The van der Waals surface area contributed by atoms with Crippen molar-refractivity contribution >= 4 is 33.5 Å². The summed E-state index contributed by atoms with van der Waals surface area (Å²) in [7, 11) is 0. The molecule has 8 heteroatoms. The minimum atomic E-state index is -1.19. The number of alkyl halides is 1. The van der Waals surface area contributed by atoms with Crippen LogP contribution in [0.15, 0.2) is 22.9 Å². The molecule has 29 heavy (non-hydrogen) atoms. The van der Waals surface area contributed by atoms with E-state index >= 15 is 0 Å². The molecule has 1 saturated heterocycles. The van der Waals surface area contributed by atoms with E-state index in [0.717, 1.165) is 25.7 Å². The summed E-state index contributed by atoms with van der Waals surface area (Å²) < 4.78 is 20.5. The molecule has 1 aromatic rings. The molecule has 1 aliphatic heterocycles. The zero-order valence-corrected chi connectivity index (χ0v) is 17.7. The first-order valence-corrected chi connectivity index (χ1v) is 11.3. The van der Waals surface area contributed by atoms with Gasteiger partial charge in [0.05, 0.1) is 23.7 Å². The second-order valence-corrected chi connectivity index (χ2v) is 9.73. The van der Waals surface area contributed by atoms with Gasteiger partial charge < -0.3 is 15.4 Å². The summed E-state index contributed by atoms with van der Waals surface area (Å²) in [5.41, 5.74) is 0.729. The van der Waals surface area contributed by atoms with Gasteiger partial charge in [0.2, 0.25) is 5.91 Å². The number of hydrogen-bond acceptors (Lipinski definition) is 5. The van der Waals surface area contributed by atoms with Crippen molar-refractivity contribution in [3.8, 4) is 0 Å². The average Bonchev–Trinajstić information content (AvgIpc) is 3.38. The van der Waals surface area contributed by atoms with E-state index in [0.29, 0.717) is 23.3 Å². The van der Waals surface area contributed by atoms with Crippen LogP contribution in [0.25, 0.3) is 0 Å². The molecular weight excluding hydrogens is 441 g/mol. The summed E-state index contributed by atoms with van der Waals surface area (Å²) in [4.78, 5) is 30.6. The van der Waals surface area contributed by atoms with E-state index in [1.807, 2.05) is 0 Å². The van der Waals surface area contributed by atoms with Crippen LogP contribution in [0.4, 0.5) is 10.1 Å². The summed E-state index contributed by atoms with van der Waals surface area (Å²) in [6.07, 6.45) is 4.26. The van der Waals surface area contributed by atoms with Gasteiger partial charge in [-0.2, -0.15) is 0 Å². The van der Waals surface area contributed by atoms with Crippen molar-refractivity contribution in [2.45, 2.75) is 44.4 Å². The highest BCUT2D eigenvalue weighted by Crippen LogP contribution is 2.74. The smallest absolute Gasteiger partial charge is 0.310 e. The Morgan fingerprint density at radius 1 is 1.21 bits per heavy atom. The first-order valence-electron chi connectivity index (χ1n) is 10.5. The van der Waals surface area contributed by atoms with Gasteiger partial charge in [-0.25, -0.2) is 9.37 Å². The molecule has 4 fully saturated rings. The number of nitrogens with zero attached hydrogens (tertiary/aromatic N) is 1. The standard InChI is InChI=1S/C21H25BrFN3O3/c22-16-4-1-11(9-25-16)26-19(27)17-12-2-3-13(21(12)6-7-21)18(17)20(28)29-15-5-8-24-10-14(15)23/h1,4,9,12-15,17-18,24H,2-3,5-8,10H2,(H,26,27)/t12?,13?,14-,15?,17?,18?/m0/s1. The fraction of sp³-hybridized carbons (Fsp3) is 0.667. The Kier molecular flexibility index (Phi) is 4.89. The maximum atomic E-state index is 14.2. The summed E-state index contributed by atoms with van der Waals surface area (Å²) in [5.74, 6) is -1.01. The second kappa shape index (κ2) is 7.30. The Labute approximate surface area is 177 Å². The van der Waals surface area contributed by atoms with Crippen molar-refractivity contribution in [3.63, 3.8) is 0 Å². The fourth-order valence-corrected chi connectivity index (χ4v) is 6.39. The van der Waals surface area contributed by atoms with E-state index in [1.54, 1.807) is 18.3 Å². The normalized spacial score (nSPS) is 36.8. The summed E-state index contributed by atoms with van der Waals surface area (Å²) in [5, 5.41) is 5.92. The van der Waals surface area contributed by atoms with E-state index < -0.39 is 24.1 Å². The van der Waals surface area contributed by atoms with Gasteiger partial charge in [-0.1, -0.05) is 0 Å². The quantitative estimate of drug-likeness (QED) is 0.527. The number of amides is 1. The molecule has 5 rings (SSSR count). The summed E-state index contributed by atoms with van der Waals surface area (Å²) >= 11 is 3.29. The number of nitrogens with one attached hydrogen (secondary N) is 2. The zero-order valence-electron chi connectivity index (χ0n) is 16.1. The molecule has 0 radical (unpaired) electrons. The Balaban J connectivity index is 1.36. The van der Waals surface area contributed by atoms with Crippen molar-refractivity contribution in [2.24, 2.45) is 29.1 Å². The molecule has 1 amide bonds. The van der Waals surface area contributed by atoms with Crippen molar-refractivity contribution < 1.29 is 18.7 Å². The van der Waals surface area contributed by atoms with E-state index in [1.165, 1.54) is 0 Å². The molecule has 2 bridgehead atoms. The van der Waals surface area contributed by atoms with E-state index in [2.05, 4.69) is 31.5 Å². The Morgan fingerprint density at radius 3 is 2.62 bits per heavy atom. The lowest BCUT2D eigenvalue weighted by atomic mass is 9.78. The Hall–Kier alpha value is -1.54. The molecule has 6 nitrogen and oxygen atoms in total. The molecule has 2 N–H and O–H groups in total. The second-order valence-electron chi connectivity index (χ2n) is 8.92. The van der Waals surface area contributed by atoms with Crippen molar-refractivity contribution in [3.05, 3.63) is 22.9 Å². The number of esters is 1. The molecule has 6 atom stereocenters. The molecule has 2 heterocycles. The van der Waals surface area contributed by atoms with Crippen LogP contribution in [0.5, 0.6) is 0 Å². The minimum absolute atomic E-state index is 0.118. The van der Waals surface area contributed by atoms with Crippen LogP contribution in [-0.4, -0.2) is 42.2 Å². The lowest BCUT2D eigenvalue weighted by molar-refractivity contribution is -0.164. The van der Waals surface area contributed by atoms with Gasteiger partial charge in [0.1, 0.15) is 16.9 Å². The number of aromatic nitrogens is 1. The maximum Gasteiger partial charge on any atom is 0.310 e. The van der Waals surface area contributed by atoms with E-state index in [4.69, 9.17) is 4.74 Å². The highest BCUT2D eigenvalue weighted by molar-refractivity contribution is 9.10. The number of anilines is 1. The Morgan fingerprint density at radius 2 is 1.97 bits per heavy atom. The number of carbonyl (C=O) groups excluding carboxylic acids is 2. The first kappa shape index (κ1) is 19.4. The van der Waals surface area contributed by atoms with Crippen LogP contribution >= 0.6 is 15.9 Å². The highest BCUT2D eigenvalue weighted by atomic mass is 79.9. The van der Waals surface area contributed by atoms with Gasteiger partial charge >= 0.3 is 5.97 Å². The lowest BCUT2D eigenvalue weighted by Gasteiger charge is -2.32. The van der Waals surface area contributed by atoms with Crippen molar-refractivity contribution in [2.75, 3.05) is 18.4 Å². The van der Waals surface area contributed by atoms with Crippen LogP contribution in [0, 0.1) is 29.1 Å². The van der Waals surface area contributed by atoms with Crippen molar-refractivity contribution in [1.29, 1.82) is 0 Å². The van der Waals surface area contributed by atoms with Gasteiger partial charge in [0, 0.05) is 6.54 Å². The SMILES string of the molecule is O=C(Nc1ccc(Br)nc1)C1C(C(=O)OC2CCNC[C@@H]2F)C2CCC1C21CC1. The van der Waals surface area contributed by atoms with Gasteiger partial charge in [-0.05, 0) is 84.0 Å². The number of carbonyl (C=O) groups is 2. The molecule has 1 spiro atoms. The van der Waals surface area contributed by atoms with Crippen LogP contribution in [0.2, 0.25) is 0 Å². The summed E-state index contributed by atoms with van der Waals surface area (Å²) in [6, 6.07) is 3.55. The molecule has 156 valence electrons. The monoisotopic (exact) mass is 465 g/mol. The first-order chi connectivity index (χ1) is 14.0. The fourth-order valence-electron chi connectivity index (χ4n) is 6.16. The van der Waals surface area contributed by atoms with Crippen LogP contribution in [-0.2, 0) is 14.3 Å². The van der Waals surface area contributed by atoms with Crippen LogP contribution < -0.4 is 10.6 Å². The molecule has 3 saturated carbocycles. The number of rotatable bonds is 4. The molecule has 5 unspecified atom stereocenters. The van der Waals surface area contributed by atoms with Crippen LogP contribution in [0.3, 0.4) is 0 Å². The van der Waals surface area contributed by atoms with Gasteiger partial charge in [0.25, 0.3) is 0 Å². The minimum Gasteiger partial charge on any atom is -0.459 e. The van der Waals surface area contributed by atoms with Gasteiger partial charge in [-0.3, -0.25) is 9.59 Å². The van der Waals surface area contributed by atoms with Gasteiger partial charge in [0.15, 0.2) is 0 Å². The molecular formula is C21H25BrFN3O3. The van der Waals surface area contributed by atoms with Crippen LogP contribution in [0.1, 0.15) is 32.1 Å². The number of hydrogen-bond donors (Lipinski definition) is 2. The highest BCUT2D eigenvalue weighted by Gasteiger charge is 2.72. The molecule has 0 aromatic carbocycles. The van der Waals surface area contributed by atoms with E-state index in [-0.39, 0.29) is 35.7 Å². The zero-order chi connectivity index (χ0) is 20.2. The van der Waals surface area contributed by atoms with Gasteiger partial charge in [-0.15, -0.1) is 0 Å². The topological polar surface area (TPSA) is 80.3 Å². The predicted octanol–water partition coefficient (Wildman–Crippen LogP) is 3.08. The molecule has 4 aliphatic rings. The largest absolute Gasteiger partial charge is 0.459 e. The average molecular weight is 466 g/mol. The maximum absolute atomic E-state index is 14.2. The summed E-state index contributed by atoms with van der Waals surface area (Å²) in [6.45, 7) is 0.846. The third-order valence-corrected chi connectivity index (χ3v) is 8.00. The lowest BCUT2D eigenvalue weighted by Crippen LogP contribution is -2.46. The molecule has 3 aliphatic carbocycles. The molecule has 1 aromatic heterocycles. The third kappa shape index (κ3) is 3.28. The third-order valence-electron chi connectivity index (χ3n) is 7.53.